The van der Waals surface area contributed by atoms with Gasteiger partial charge in [0.25, 0.3) is 5.92 Å². The molecule has 1 aromatic carbocycles. The van der Waals surface area contributed by atoms with Gasteiger partial charge in [0.1, 0.15) is 5.60 Å². The normalized spacial score (nSPS) is 19.3. The lowest BCUT2D eigenvalue weighted by atomic mass is 9.97. The van der Waals surface area contributed by atoms with Crippen LogP contribution in [0.15, 0.2) is 18.3 Å². The molecule has 0 aliphatic heterocycles. The van der Waals surface area contributed by atoms with Gasteiger partial charge in [-0.3, -0.25) is 9.36 Å². The number of carbonyl (C=O) groups is 2. The van der Waals surface area contributed by atoms with Gasteiger partial charge in [0.2, 0.25) is 0 Å². The zero-order valence-electron chi connectivity index (χ0n) is 14.0. The summed E-state index contributed by atoms with van der Waals surface area (Å²) in [4.78, 5) is 23.9. The highest BCUT2D eigenvalue weighted by molar-refractivity contribution is 6.03. The van der Waals surface area contributed by atoms with E-state index < -0.39 is 23.5 Å². The predicted octanol–water partition coefficient (Wildman–Crippen LogP) is 4.67. The highest BCUT2D eigenvalue weighted by Crippen LogP contribution is 2.57. The number of aryl methyl sites for hydroxylation is 1. The van der Waals surface area contributed by atoms with Gasteiger partial charge in [-0.25, -0.2) is 13.6 Å². The number of carbonyl (C=O) groups excluding carboxylic acids is 2. The van der Waals surface area contributed by atoms with Crippen LogP contribution < -0.4 is 0 Å². The van der Waals surface area contributed by atoms with Crippen molar-refractivity contribution < 1.29 is 23.1 Å². The SMILES string of the molecule is Cc1cc([C@@H]2CC2(F)F)c(C=O)c2ccn(C(=O)OC(C)(C)C)c12. The van der Waals surface area contributed by atoms with Gasteiger partial charge in [0, 0.05) is 23.6 Å². The van der Waals surface area contributed by atoms with Gasteiger partial charge >= 0.3 is 6.09 Å². The second-order valence-electron chi connectivity index (χ2n) is 7.26. The minimum atomic E-state index is -2.76. The number of benzene rings is 1. The molecule has 1 aliphatic carbocycles. The first-order valence-electron chi connectivity index (χ1n) is 7.76. The molecule has 0 radical (unpaired) electrons. The number of nitrogens with zero attached hydrogens (tertiary/aromatic N) is 1. The summed E-state index contributed by atoms with van der Waals surface area (Å²) < 4.78 is 33.6. The number of rotatable bonds is 2. The molecule has 1 atom stereocenters. The zero-order valence-corrected chi connectivity index (χ0v) is 14.0. The fraction of sp³-hybridized carbons (Fsp3) is 0.444. The molecule has 1 aromatic heterocycles. The Labute approximate surface area is 138 Å². The van der Waals surface area contributed by atoms with E-state index in [1.54, 1.807) is 39.8 Å². The summed E-state index contributed by atoms with van der Waals surface area (Å²) in [6.45, 7) is 7.01. The molecule has 4 nitrogen and oxygen atoms in total. The first kappa shape index (κ1) is 16.6. The standard InChI is InChI=1S/C18H19F2NO3/c1-10-7-12(14-8-18(14,19)20)13(9-22)11-5-6-21(15(10)11)16(23)24-17(2,3)4/h5-7,9,14H,8H2,1-4H3/t14-/m0/s1. The van der Waals surface area contributed by atoms with Gasteiger partial charge in [0.15, 0.2) is 6.29 Å². The third kappa shape index (κ3) is 2.70. The second-order valence-corrected chi connectivity index (χ2v) is 7.26. The van der Waals surface area contributed by atoms with E-state index in [1.165, 1.54) is 10.8 Å². The molecule has 1 aliphatic rings. The maximum absolute atomic E-state index is 13.5. The summed E-state index contributed by atoms with van der Waals surface area (Å²) in [5, 5.41) is 0.494. The van der Waals surface area contributed by atoms with E-state index in [1.807, 2.05) is 0 Å². The Morgan fingerprint density at radius 1 is 1.42 bits per heavy atom. The van der Waals surface area contributed by atoms with E-state index in [0.29, 0.717) is 28.3 Å². The molecular weight excluding hydrogens is 316 g/mol. The number of fused-ring (bicyclic) bond motifs is 1. The lowest BCUT2D eigenvalue weighted by molar-refractivity contribution is 0.0544. The number of hydrogen-bond donors (Lipinski definition) is 0. The lowest BCUT2D eigenvalue weighted by Gasteiger charge is -2.20. The summed E-state index contributed by atoms with van der Waals surface area (Å²) in [6.07, 6.45) is 1.28. The van der Waals surface area contributed by atoms with Crippen LogP contribution in [0.4, 0.5) is 13.6 Å². The van der Waals surface area contributed by atoms with E-state index in [9.17, 15) is 18.4 Å². The van der Waals surface area contributed by atoms with E-state index in [0.717, 1.165) is 0 Å². The monoisotopic (exact) mass is 335 g/mol. The summed E-state index contributed by atoms with van der Waals surface area (Å²) in [5.74, 6) is -3.68. The minimum Gasteiger partial charge on any atom is -0.443 e. The molecule has 0 amide bonds. The van der Waals surface area contributed by atoms with Crippen LogP contribution in [0.2, 0.25) is 0 Å². The fourth-order valence-corrected chi connectivity index (χ4v) is 3.02. The van der Waals surface area contributed by atoms with Gasteiger partial charge in [-0.2, -0.15) is 0 Å². The van der Waals surface area contributed by atoms with Crippen LogP contribution in [-0.2, 0) is 4.74 Å². The van der Waals surface area contributed by atoms with Crippen molar-refractivity contribution in [2.45, 2.75) is 51.6 Å². The topological polar surface area (TPSA) is 48.3 Å². The first-order valence-corrected chi connectivity index (χ1v) is 7.76. The number of aldehydes is 1. The van der Waals surface area contributed by atoms with Gasteiger partial charge in [-0.1, -0.05) is 6.07 Å². The maximum Gasteiger partial charge on any atom is 0.419 e. The Morgan fingerprint density at radius 3 is 2.54 bits per heavy atom. The van der Waals surface area contributed by atoms with Crippen LogP contribution in [0.1, 0.15) is 54.6 Å². The third-order valence-electron chi connectivity index (χ3n) is 4.14. The summed E-state index contributed by atoms with van der Waals surface area (Å²) >= 11 is 0. The number of halogens is 2. The van der Waals surface area contributed by atoms with E-state index in [4.69, 9.17) is 4.74 Å². The Kier molecular flexibility index (Phi) is 3.55. The maximum atomic E-state index is 13.5. The van der Waals surface area contributed by atoms with Gasteiger partial charge in [-0.05, 0) is 44.9 Å². The van der Waals surface area contributed by atoms with Crippen molar-refractivity contribution in [3.63, 3.8) is 0 Å². The van der Waals surface area contributed by atoms with Crippen LogP contribution in [0, 0.1) is 6.92 Å². The van der Waals surface area contributed by atoms with Crippen molar-refractivity contribution in [1.82, 2.24) is 4.57 Å². The first-order chi connectivity index (χ1) is 11.0. The molecule has 0 saturated heterocycles. The van der Waals surface area contributed by atoms with Crippen molar-refractivity contribution in [3.8, 4) is 0 Å². The van der Waals surface area contributed by atoms with Crippen LogP contribution in [0.5, 0.6) is 0 Å². The van der Waals surface area contributed by atoms with E-state index in [2.05, 4.69) is 0 Å². The molecule has 0 spiro atoms. The molecule has 3 rings (SSSR count). The molecule has 2 aromatic rings. The molecule has 0 unspecified atom stereocenters. The molecule has 1 heterocycles. The Bertz CT molecular complexity index is 846. The smallest absolute Gasteiger partial charge is 0.419 e. The van der Waals surface area contributed by atoms with E-state index in [-0.39, 0.29) is 12.0 Å². The quantitative estimate of drug-likeness (QED) is 0.750. The van der Waals surface area contributed by atoms with Crippen LogP contribution >= 0.6 is 0 Å². The average molecular weight is 335 g/mol. The van der Waals surface area contributed by atoms with Crippen molar-refractivity contribution in [1.29, 1.82) is 0 Å². The number of hydrogen-bond acceptors (Lipinski definition) is 3. The molecule has 24 heavy (non-hydrogen) atoms. The van der Waals surface area contributed by atoms with Crippen molar-refractivity contribution in [3.05, 3.63) is 35.0 Å². The zero-order chi connectivity index (χ0) is 17.9. The van der Waals surface area contributed by atoms with Crippen LogP contribution in [-0.4, -0.2) is 28.5 Å². The van der Waals surface area contributed by atoms with Crippen molar-refractivity contribution >= 4 is 23.3 Å². The number of aromatic nitrogens is 1. The third-order valence-corrected chi connectivity index (χ3v) is 4.14. The highest BCUT2D eigenvalue weighted by atomic mass is 19.3. The Hall–Kier alpha value is -2.24. The fourth-order valence-electron chi connectivity index (χ4n) is 3.02. The molecular formula is C18H19F2NO3. The van der Waals surface area contributed by atoms with Crippen molar-refractivity contribution in [2.24, 2.45) is 0 Å². The lowest BCUT2D eigenvalue weighted by Crippen LogP contribution is -2.26. The van der Waals surface area contributed by atoms with Gasteiger partial charge in [0.05, 0.1) is 11.4 Å². The van der Waals surface area contributed by atoms with Crippen molar-refractivity contribution in [2.75, 3.05) is 0 Å². The molecule has 128 valence electrons. The Balaban J connectivity index is 2.14. The Morgan fingerprint density at radius 2 is 2.04 bits per heavy atom. The van der Waals surface area contributed by atoms with Gasteiger partial charge in [-0.15, -0.1) is 0 Å². The highest BCUT2D eigenvalue weighted by Gasteiger charge is 2.58. The molecule has 1 fully saturated rings. The minimum absolute atomic E-state index is 0.222. The molecule has 6 heteroatoms. The summed E-state index contributed by atoms with van der Waals surface area (Å²) in [6, 6.07) is 3.18. The molecule has 0 bridgehead atoms. The molecule has 1 saturated carbocycles. The predicted molar refractivity (Wildman–Crippen MR) is 86.0 cm³/mol. The summed E-state index contributed by atoms with van der Waals surface area (Å²) in [5.41, 5.74) is 1.08. The van der Waals surface area contributed by atoms with Crippen LogP contribution in [0.3, 0.4) is 0 Å². The summed E-state index contributed by atoms with van der Waals surface area (Å²) in [7, 11) is 0. The van der Waals surface area contributed by atoms with E-state index >= 15 is 0 Å². The second kappa shape index (κ2) is 5.13. The average Bonchev–Trinajstić information content (AvgIpc) is 2.89. The van der Waals surface area contributed by atoms with Gasteiger partial charge < -0.3 is 4.74 Å². The number of alkyl halides is 2. The number of ether oxygens (including phenoxy) is 1. The molecule has 0 N–H and O–H groups in total. The largest absolute Gasteiger partial charge is 0.443 e. The van der Waals surface area contributed by atoms with Crippen LogP contribution in [0.25, 0.3) is 10.9 Å².